The molecule has 0 heterocycles. The van der Waals surface area contributed by atoms with Crippen LogP contribution in [0, 0.1) is 28.7 Å². The van der Waals surface area contributed by atoms with E-state index in [9.17, 15) is 23.7 Å². The third-order valence-corrected chi connectivity index (χ3v) is 2.77. The minimum absolute atomic E-state index is 0.00748. The molecule has 0 atom stereocenters. The first-order valence-electron chi connectivity index (χ1n) is 5.90. The number of nitro benzene ring substituents is 1. The number of hydrogen-bond donors (Lipinski definition) is 1. The number of hydrogen-bond acceptors (Lipinski definition) is 3. The first kappa shape index (κ1) is 14.6. The van der Waals surface area contributed by atoms with Crippen LogP contribution in [0.3, 0.4) is 0 Å². The Morgan fingerprint density at radius 2 is 1.86 bits per heavy atom. The topological polar surface area (TPSA) is 72.2 Å². The molecule has 0 saturated heterocycles. The van der Waals surface area contributed by atoms with Crippen molar-refractivity contribution in [3.05, 3.63) is 69.3 Å². The molecule has 21 heavy (non-hydrogen) atoms. The maximum absolute atomic E-state index is 13.6. The van der Waals surface area contributed by atoms with Crippen molar-refractivity contribution in [1.29, 1.82) is 0 Å². The van der Waals surface area contributed by atoms with E-state index >= 15 is 0 Å². The Kier molecular flexibility index (Phi) is 3.93. The van der Waals surface area contributed by atoms with Gasteiger partial charge in [0.15, 0.2) is 0 Å². The van der Waals surface area contributed by atoms with Crippen LogP contribution in [0.4, 0.5) is 20.2 Å². The number of amides is 1. The highest BCUT2D eigenvalue weighted by molar-refractivity contribution is 6.04. The standard InChI is InChI=1S/C14H10F2N2O3/c1-8-2-4-10(12(16)6-8)14(19)17-9-3-5-11(15)13(7-9)18(20)21/h2-7H,1H3,(H,17,19). The molecule has 2 aromatic rings. The molecular weight excluding hydrogens is 282 g/mol. The number of benzene rings is 2. The Morgan fingerprint density at radius 1 is 1.14 bits per heavy atom. The quantitative estimate of drug-likeness (QED) is 0.695. The van der Waals surface area contributed by atoms with E-state index in [1.54, 1.807) is 13.0 Å². The van der Waals surface area contributed by atoms with Gasteiger partial charge in [0.25, 0.3) is 5.91 Å². The molecular formula is C14H10F2N2O3. The van der Waals surface area contributed by atoms with Crippen LogP contribution >= 0.6 is 0 Å². The number of aryl methyl sites for hydroxylation is 1. The summed E-state index contributed by atoms with van der Waals surface area (Å²) >= 11 is 0. The molecule has 5 nitrogen and oxygen atoms in total. The summed E-state index contributed by atoms with van der Waals surface area (Å²) < 4.78 is 26.8. The fourth-order valence-electron chi connectivity index (χ4n) is 1.73. The van der Waals surface area contributed by atoms with Crippen LogP contribution in [-0.4, -0.2) is 10.8 Å². The van der Waals surface area contributed by atoms with Crippen molar-refractivity contribution in [1.82, 2.24) is 0 Å². The number of anilines is 1. The normalized spacial score (nSPS) is 10.2. The van der Waals surface area contributed by atoms with E-state index < -0.39 is 28.2 Å². The molecule has 2 aromatic carbocycles. The number of nitrogens with zero attached hydrogens (tertiary/aromatic N) is 1. The molecule has 108 valence electrons. The lowest BCUT2D eigenvalue weighted by molar-refractivity contribution is -0.387. The Bertz CT molecular complexity index is 732. The second kappa shape index (κ2) is 5.66. The third kappa shape index (κ3) is 3.19. The number of carbonyl (C=O) groups is 1. The van der Waals surface area contributed by atoms with Gasteiger partial charge in [0.2, 0.25) is 5.82 Å². The summed E-state index contributed by atoms with van der Waals surface area (Å²) in [7, 11) is 0. The molecule has 1 amide bonds. The smallest absolute Gasteiger partial charge is 0.306 e. The predicted molar refractivity (Wildman–Crippen MR) is 72.1 cm³/mol. The van der Waals surface area contributed by atoms with Crippen LogP contribution in [0.2, 0.25) is 0 Å². The zero-order valence-electron chi connectivity index (χ0n) is 10.9. The molecule has 0 unspecified atom stereocenters. The predicted octanol–water partition coefficient (Wildman–Crippen LogP) is 3.43. The van der Waals surface area contributed by atoms with Gasteiger partial charge in [-0.1, -0.05) is 6.07 Å². The van der Waals surface area contributed by atoms with Crippen molar-refractivity contribution in [2.24, 2.45) is 0 Å². The molecule has 0 saturated carbocycles. The Morgan fingerprint density at radius 3 is 2.48 bits per heavy atom. The van der Waals surface area contributed by atoms with Crippen LogP contribution in [0.5, 0.6) is 0 Å². The van der Waals surface area contributed by atoms with Crippen LogP contribution in [-0.2, 0) is 0 Å². The maximum Gasteiger partial charge on any atom is 0.306 e. The number of halogens is 2. The minimum atomic E-state index is -1.01. The van der Waals surface area contributed by atoms with Crippen molar-refractivity contribution in [3.63, 3.8) is 0 Å². The van der Waals surface area contributed by atoms with Gasteiger partial charge < -0.3 is 5.32 Å². The fourth-order valence-corrected chi connectivity index (χ4v) is 1.73. The van der Waals surface area contributed by atoms with E-state index in [1.165, 1.54) is 12.1 Å². The highest BCUT2D eigenvalue weighted by atomic mass is 19.1. The van der Waals surface area contributed by atoms with Gasteiger partial charge in [0.05, 0.1) is 10.5 Å². The molecule has 0 bridgehead atoms. The van der Waals surface area contributed by atoms with Gasteiger partial charge in [-0.2, -0.15) is 4.39 Å². The van der Waals surface area contributed by atoms with Crippen molar-refractivity contribution in [3.8, 4) is 0 Å². The lowest BCUT2D eigenvalue weighted by Crippen LogP contribution is -2.14. The summed E-state index contributed by atoms with van der Waals surface area (Å²) in [5.41, 5.74) is -0.306. The van der Waals surface area contributed by atoms with Gasteiger partial charge in [-0.05, 0) is 36.8 Å². The zero-order chi connectivity index (χ0) is 15.6. The van der Waals surface area contributed by atoms with Crippen molar-refractivity contribution in [2.45, 2.75) is 6.92 Å². The molecule has 0 spiro atoms. The minimum Gasteiger partial charge on any atom is -0.322 e. The van der Waals surface area contributed by atoms with Crippen molar-refractivity contribution >= 4 is 17.3 Å². The summed E-state index contributed by atoms with van der Waals surface area (Å²) in [6, 6.07) is 6.95. The number of nitro groups is 1. The first-order chi connectivity index (χ1) is 9.88. The molecule has 0 fully saturated rings. The molecule has 0 aliphatic rings. The summed E-state index contributed by atoms with van der Waals surface area (Å²) in [4.78, 5) is 21.6. The zero-order valence-corrected chi connectivity index (χ0v) is 10.9. The fraction of sp³-hybridized carbons (Fsp3) is 0.0714. The first-order valence-corrected chi connectivity index (χ1v) is 5.90. The maximum atomic E-state index is 13.6. The molecule has 7 heteroatoms. The number of rotatable bonds is 3. The van der Waals surface area contributed by atoms with Crippen LogP contribution in [0.25, 0.3) is 0 Å². The monoisotopic (exact) mass is 292 g/mol. The van der Waals surface area contributed by atoms with Gasteiger partial charge in [0.1, 0.15) is 5.82 Å². The Labute approximate surface area is 118 Å². The summed E-state index contributed by atoms with van der Waals surface area (Å²) in [5, 5.41) is 12.9. The van der Waals surface area contributed by atoms with Crippen LogP contribution in [0.1, 0.15) is 15.9 Å². The van der Waals surface area contributed by atoms with Crippen molar-refractivity contribution in [2.75, 3.05) is 5.32 Å². The van der Waals surface area contributed by atoms with E-state index in [2.05, 4.69) is 5.32 Å². The SMILES string of the molecule is Cc1ccc(C(=O)Nc2ccc(F)c([N+](=O)[O-])c2)c(F)c1. The second-order valence-corrected chi connectivity index (χ2v) is 4.36. The van der Waals surface area contributed by atoms with E-state index in [4.69, 9.17) is 0 Å². The van der Waals surface area contributed by atoms with Gasteiger partial charge in [-0.15, -0.1) is 0 Å². The molecule has 0 aliphatic carbocycles. The summed E-state index contributed by atoms with van der Waals surface area (Å²) in [6.07, 6.45) is 0. The van der Waals surface area contributed by atoms with Crippen molar-refractivity contribution < 1.29 is 18.5 Å². The van der Waals surface area contributed by atoms with Crippen LogP contribution in [0.15, 0.2) is 36.4 Å². The average molecular weight is 292 g/mol. The van der Waals surface area contributed by atoms with Gasteiger partial charge in [-0.3, -0.25) is 14.9 Å². The number of carbonyl (C=O) groups excluding carboxylic acids is 1. The molecule has 1 N–H and O–H groups in total. The second-order valence-electron chi connectivity index (χ2n) is 4.36. The van der Waals surface area contributed by atoms with Gasteiger partial charge in [0, 0.05) is 11.8 Å². The molecule has 2 rings (SSSR count). The molecule has 0 radical (unpaired) electrons. The largest absolute Gasteiger partial charge is 0.322 e. The summed E-state index contributed by atoms with van der Waals surface area (Å²) in [5.74, 6) is -2.49. The highest BCUT2D eigenvalue weighted by Crippen LogP contribution is 2.22. The lowest BCUT2D eigenvalue weighted by atomic mass is 10.1. The van der Waals surface area contributed by atoms with Crippen LogP contribution < -0.4 is 5.32 Å². The Hall–Kier alpha value is -2.83. The van der Waals surface area contributed by atoms with E-state index in [0.717, 1.165) is 18.2 Å². The van der Waals surface area contributed by atoms with Gasteiger partial charge in [-0.25, -0.2) is 4.39 Å². The van der Waals surface area contributed by atoms with Gasteiger partial charge >= 0.3 is 5.69 Å². The van der Waals surface area contributed by atoms with E-state index in [1.807, 2.05) is 0 Å². The molecule has 0 aromatic heterocycles. The van der Waals surface area contributed by atoms with E-state index in [-0.39, 0.29) is 11.3 Å². The average Bonchev–Trinajstić information content (AvgIpc) is 2.40. The Balaban J connectivity index is 2.27. The van der Waals surface area contributed by atoms with E-state index in [0.29, 0.717) is 5.56 Å². The summed E-state index contributed by atoms with van der Waals surface area (Å²) in [6.45, 7) is 1.67. The third-order valence-electron chi connectivity index (χ3n) is 2.77. The lowest BCUT2D eigenvalue weighted by Gasteiger charge is -2.07. The molecule has 0 aliphatic heterocycles. The number of nitrogens with one attached hydrogen (secondary N) is 1. The highest BCUT2D eigenvalue weighted by Gasteiger charge is 2.17.